The Morgan fingerprint density at radius 1 is 1.00 bits per heavy atom. The summed E-state index contributed by atoms with van der Waals surface area (Å²) in [5.74, 6) is 0.0866. The molecule has 0 aliphatic rings. The van der Waals surface area contributed by atoms with E-state index in [0.717, 1.165) is 16.8 Å². The smallest absolute Gasteiger partial charge is 0.327 e. The molecule has 1 amide bonds. The molecule has 7 nitrogen and oxygen atoms in total. The van der Waals surface area contributed by atoms with Gasteiger partial charge in [0.1, 0.15) is 11.6 Å². The van der Waals surface area contributed by atoms with Gasteiger partial charge < -0.3 is 10.1 Å². The number of ether oxygens (including phenoxy) is 1. The minimum Gasteiger partial charge on any atom is -0.484 e. The molecule has 0 saturated heterocycles. The minimum atomic E-state index is -0.691. The maximum absolute atomic E-state index is 11.8. The normalized spacial score (nSPS) is 10.4. The fourth-order valence-corrected chi connectivity index (χ4v) is 2.13. The van der Waals surface area contributed by atoms with Gasteiger partial charge in [0.05, 0.1) is 0 Å². The second-order valence-electron chi connectivity index (χ2n) is 4.85. The Balaban J connectivity index is 1.65. The molecule has 0 saturated carbocycles. The van der Waals surface area contributed by atoms with Crippen LogP contribution in [0.5, 0.6) is 5.75 Å². The lowest BCUT2D eigenvalue weighted by molar-refractivity contribution is -0.118. The van der Waals surface area contributed by atoms with Gasteiger partial charge in [-0.05, 0) is 22.9 Å². The molecule has 23 heavy (non-hydrogen) atoms. The lowest BCUT2D eigenvalue weighted by Gasteiger charge is -2.08. The lowest BCUT2D eigenvalue weighted by atomic mass is 10.1. The van der Waals surface area contributed by atoms with Crippen molar-refractivity contribution in [2.75, 3.05) is 11.9 Å². The maximum atomic E-state index is 11.8. The zero-order chi connectivity index (χ0) is 16.2. The van der Waals surface area contributed by atoms with E-state index in [1.54, 1.807) is 6.07 Å². The Morgan fingerprint density at radius 3 is 2.57 bits per heavy atom. The summed E-state index contributed by atoms with van der Waals surface area (Å²) < 4.78 is 5.42. The molecule has 3 aromatic rings. The van der Waals surface area contributed by atoms with Gasteiger partial charge in [-0.1, -0.05) is 30.3 Å². The third-order valence-corrected chi connectivity index (χ3v) is 3.13. The molecule has 1 aromatic heterocycles. The van der Waals surface area contributed by atoms with Crippen LogP contribution in [0.25, 0.3) is 10.8 Å². The van der Waals surface area contributed by atoms with E-state index in [2.05, 4.69) is 10.3 Å². The third kappa shape index (κ3) is 3.65. The fourth-order valence-electron chi connectivity index (χ4n) is 2.13. The van der Waals surface area contributed by atoms with Gasteiger partial charge in [0.25, 0.3) is 11.5 Å². The lowest BCUT2D eigenvalue weighted by Crippen LogP contribution is -2.27. The van der Waals surface area contributed by atoms with E-state index in [0.29, 0.717) is 5.75 Å². The molecular weight excluding hydrogens is 298 g/mol. The SMILES string of the molecule is O=C(COc1ccc2ccccc2c1)Nc1cc(=O)[nH]c(=O)[nH]1. The van der Waals surface area contributed by atoms with Gasteiger partial charge in [0, 0.05) is 6.07 Å². The highest BCUT2D eigenvalue weighted by Crippen LogP contribution is 2.20. The number of carbonyl (C=O) groups excluding carboxylic acids is 1. The number of carbonyl (C=O) groups is 1. The first-order chi connectivity index (χ1) is 11.1. The number of rotatable bonds is 4. The Morgan fingerprint density at radius 2 is 1.78 bits per heavy atom. The molecule has 0 spiro atoms. The van der Waals surface area contributed by atoms with E-state index in [9.17, 15) is 14.4 Å². The molecule has 1 heterocycles. The highest BCUT2D eigenvalue weighted by Gasteiger charge is 2.06. The Kier molecular flexibility index (Phi) is 3.92. The number of hydrogen-bond donors (Lipinski definition) is 3. The number of hydrogen-bond acceptors (Lipinski definition) is 4. The highest BCUT2D eigenvalue weighted by molar-refractivity contribution is 5.91. The molecule has 116 valence electrons. The summed E-state index contributed by atoms with van der Waals surface area (Å²) in [5.41, 5.74) is -1.29. The van der Waals surface area contributed by atoms with Crippen molar-refractivity contribution in [2.45, 2.75) is 0 Å². The average molecular weight is 311 g/mol. The van der Waals surface area contributed by atoms with Crippen molar-refractivity contribution >= 4 is 22.5 Å². The van der Waals surface area contributed by atoms with Gasteiger partial charge in [-0.2, -0.15) is 0 Å². The number of H-pyrrole nitrogens is 2. The number of aromatic nitrogens is 2. The van der Waals surface area contributed by atoms with Crippen LogP contribution < -0.4 is 21.3 Å². The van der Waals surface area contributed by atoms with Crippen LogP contribution in [-0.4, -0.2) is 22.5 Å². The summed E-state index contributed by atoms with van der Waals surface area (Å²) in [7, 11) is 0. The third-order valence-electron chi connectivity index (χ3n) is 3.13. The number of aromatic amines is 2. The zero-order valence-corrected chi connectivity index (χ0v) is 12.0. The van der Waals surface area contributed by atoms with Gasteiger partial charge in [0.2, 0.25) is 0 Å². The predicted octanol–water partition coefficient (Wildman–Crippen LogP) is 1.23. The molecule has 2 aromatic carbocycles. The Hall–Kier alpha value is -3.35. The van der Waals surface area contributed by atoms with E-state index in [1.165, 1.54) is 0 Å². The van der Waals surface area contributed by atoms with Crippen molar-refractivity contribution in [2.24, 2.45) is 0 Å². The van der Waals surface area contributed by atoms with E-state index < -0.39 is 17.2 Å². The Bertz CT molecular complexity index is 946. The van der Waals surface area contributed by atoms with Crippen LogP contribution in [0, 0.1) is 0 Å². The molecule has 0 atom stereocenters. The van der Waals surface area contributed by atoms with Crippen molar-refractivity contribution in [3.63, 3.8) is 0 Å². The van der Waals surface area contributed by atoms with Crippen molar-refractivity contribution in [1.29, 1.82) is 0 Å². The Labute approximate surface area is 129 Å². The maximum Gasteiger partial charge on any atom is 0.327 e. The first kappa shape index (κ1) is 14.6. The van der Waals surface area contributed by atoms with Crippen molar-refractivity contribution in [3.05, 3.63) is 69.4 Å². The van der Waals surface area contributed by atoms with E-state index in [1.807, 2.05) is 41.4 Å². The first-order valence-electron chi connectivity index (χ1n) is 6.85. The fraction of sp³-hybridized carbons (Fsp3) is 0.0625. The highest BCUT2D eigenvalue weighted by atomic mass is 16.5. The molecule has 3 N–H and O–H groups in total. The van der Waals surface area contributed by atoms with E-state index >= 15 is 0 Å². The molecule has 3 rings (SSSR count). The number of fused-ring (bicyclic) bond motifs is 1. The number of benzene rings is 2. The van der Waals surface area contributed by atoms with Gasteiger partial charge in [0.15, 0.2) is 6.61 Å². The van der Waals surface area contributed by atoms with Crippen LogP contribution in [0.4, 0.5) is 5.82 Å². The topological polar surface area (TPSA) is 104 Å². The first-order valence-corrected chi connectivity index (χ1v) is 6.85. The van der Waals surface area contributed by atoms with Gasteiger partial charge in [-0.25, -0.2) is 4.79 Å². The predicted molar refractivity (Wildman–Crippen MR) is 85.8 cm³/mol. The zero-order valence-electron chi connectivity index (χ0n) is 12.0. The summed E-state index contributed by atoms with van der Waals surface area (Å²) in [6, 6.07) is 14.4. The second-order valence-corrected chi connectivity index (χ2v) is 4.85. The standard InChI is InChI=1S/C16H13N3O4/c20-14-8-13(18-16(22)19-14)17-15(21)9-23-12-6-5-10-3-1-2-4-11(10)7-12/h1-8H,9H2,(H3,17,18,19,20,21,22). The van der Waals surface area contributed by atoms with Crippen molar-refractivity contribution < 1.29 is 9.53 Å². The quantitative estimate of drug-likeness (QED) is 0.674. The molecule has 7 heteroatoms. The van der Waals surface area contributed by atoms with Crippen LogP contribution in [0.2, 0.25) is 0 Å². The van der Waals surface area contributed by atoms with Crippen LogP contribution >= 0.6 is 0 Å². The molecule has 0 bridgehead atoms. The molecule has 0 unspecified atom stereocenters. The monoisotopic (exact) mass is 311 g/mol. The van der Waals surface area contributed by atoms with Crippen LogP contribution in [0.3, 0.4) is 0 Å². The van der Waals surface area contributed by atoms with Crippen molar-refractivity contribution in [1.82, 2.24) is 9.97 Å². The number of nitrogens with one attached hydrogen (secondary N) is 3. The second kappa shape index (κ2) is 6.18. The average Bonchev–Trinajstić information content (AvgIpc) is 2.52. The van der Waals surface area contributed by atoms with Crippen LogP contribution in [-0.2, 0) is 4.79 Å². The van der Waals surface area contributed by atoms with Crippen molar-refractivity contribution in [3.8, 4) is 5.75 Å². The van der Waals surface area contributed by atoms with Gasteiger partial charge in [-0.15, -0.1) is 0 Å². The number of amides is 1. The summed E-state index contributed by atoms with van der Waals surface area (Å²) in [4.78, 5) is 38.4. The summed E-state index contributed by atoms with van der Waals surface area (Å²) in [6.07, 6.45) is 0. The molecule has 0 aliphatic carbocycles. The van der Waals surface area contributed by atoms with Crippen LogP contribution in [0.15, 0.2) is 58.1 Å². The molecular formula is C16H13N3O4. The molecule has 0 aliphatic heterocycles. The molecule has 0 radical (unpaired) electrons. The van der Waals surface area contributed by atoms with E-state index in [4.69, 9.17) is 4.74 Å². The summed E-state index contributed by atoms with van der Waals surface area (Å²) in [6.45, 7) is -0.243. The minimum absolute atomic E-state index is 0.0193. The summed E-state index contributed by atoms with van der Waals surface area (Å²) in [5, 5.41) is 4.47. The number of anilines is 1. The summed E-state index contributed by atoms with van der Waals surface area (Å²) >= 11 is 0. The van der Waals surface area contributed by atoms with Gasteiger partial charge in [-0.3, -0.25) is 19.6 Å². The molecule has 0 fully saturated rings. The van der Waals surface area contributed by atoms with Gasteiger partial charge >= 0.3 is 5.69 Å². The van der Waals surface area contributed by atoms with E-state index in [-0.39, 0.29) is 12.4 Å². The van der Waals surface area contributed by atoms with Crippen LogP contribution in [0.1, 0.15) is 0 Å². The largest absolute Gasteiger partial charge is 0.484 e.